The number of hydrogen-bond donors (Lipinski definition) is 1. The first kappa shape index (κ1) is 19.5. The molecule has 0 spiro atoms. The molecule has 7 heteroatoms. The third kappa shape index (κ3) is 3.86. The fraction of sp³-hybridized carbons (Fsp3) is 0.500. The van der Waals surface area contributed by atoms with E-state index in [0.717, 1.165) is 44.0 Å². The number of benzene rings is 1. The van der Waals surface area contributed by atoms with Gasteiger partial charge in [-0.25, -0.2) is 4.98 Å². The van der Waals surface area contributed by atoms with E-state index in [0.29, 0.717) is 23.8 Å². The van der Waals surface area contributed by atoms with E-state index in [4.69, 9.17) is 14.7 Å². The molecule has 2 heterocycles. The van der Waals surface area contributed by atoms with Crippen molar-refractivity contribution in [2.24, 2.45) is 5.41 Å². The third-order valence-electron chi connectivity index (χ3n) is 5.77. The second-order valence-corrected chi connectivity index (χ2v) is 8.56. The lowest BCUT2D eigenvalue weighted by atomic mass is 9.76. The Labute approximate surface area is 172 Å². The number of hydrogen-bond acceptors (Lipinski definition) is 7. The predicted octanol–water partition coefficient (Wildman–Crippen LogP) is 3.01. The number of ketones is 1. The lowest BCUT2D eigenvalue weighted by Gasteiger charge is -2.37. The Bertz CT molecular complexity index is 902. The van der Waals surface area contributed by atoms with E-state index in [-0.39, 0.29) is 11.2 Å². The van der Waals surface area contributed by atoms with Crippen LogP contribution in [0, 0.1) is 5.41 Å². The fourth-order valence-electron chi connectivity index (χ4n) is 4.23. The van der Waals surface area contributed by atoms with Gasteiger partial charge in [-0.2, -0.15) is 4.98 Å². The van der Waals surface area contributed by atoms with Crippen LogP contribution in [-0.2, 0) is 6.42 Å². The van der Waals surface area contributed by atoms with Gasteiger partial charge in [-0.15, -0.1) is 0 Å². The van der Waals surface area contributed by atoms with Gasteiger partial charge in [0.15, 0.2) is 5.78 Å². The Kier molecular flexibility index (Phi) is 5.06. The highest BCUT2D eigenvalue weighted by molar-refractivity contribution is 6.03. The van der Waals surface area contributed by atoms with Crippen LogP contribution in [0.4, 0.5) is 17.5 Å². The summed E-state index contributed by atoms with van der Waals surface area (Å²) in [7, 11) is 3.50. The van der Waals surface area contributed by atoms with E-state index in [2.05, 4.69) is 41.1 Å². The standard InChI is InChI=1S/C22H29N5O2/c1-22(2)13-17-19(18(28)14-22)20(23-3)25-21(24-17)27-11-9-26(10-12-27)15-5-7-16(29-4)8-6-15/h5-8H,9-14H2,1-4H3,(H,23,24,25). The molecule has 2 aliphatic rings. The molecule has 0 atom stereocenters. The molecule has 0 unspecified atom stereocenters. The number of methoxy groups -OCH3 is 1. The summed E-state index contributed by atoms with van der Waals surface area (Å²) in [4.78, 5) is 26.8. The van der Waals surface area contributed by atoms with Crippen LogP contribution in [0.25, 0.3) is 0 Å². The molecule has 1 aliphatic carbocycles. The van der Waals surface area contributed by atoms with E-state index in [1.54, 1.807) is 7.11 Å². The number of nitrogens with one attached hydrogen (secondary N) is 1. The number of rotatable bonds is 4. The molecular weight excluding hydrogens is 366 g/mol. The van der Waals surface area contributed by atoms with Crippen molar-refractivity contribution in [2.75, 3.05) is 55.5 Å². The molecule has 1 aliphatic heterocycles. The first-order valence-electron chi connectivity index (χ1n) is 10.2. The lowest BCUT2D eigenvalue weighted by molar-refractivity contribution is 0.0911. The van der Waals surface area contributed by atoms with Crippen LogP contribution in [0.5, 0.6) is 5.75 Å². The number of aromatic nitrogens is 2. The highest BCUT2D eigenvalue weighted by atomic mass is 16.5. The van der Waals surface area contributed by atoms with Crippen molar-refractivity contribution in [3.05, 3.63) is 35.5 Å². The second-order valence-electron chi connectivity index (χ2n) is 8.56. The van der Waals surface area contributed by atoms with Crippen LogP contribution in [0.15, 0.2) is 24.3 Å². The zero-order valence-electron chi connectivity index (χ0n) is 17.7. The van der Waals surface area contributed by atoms with Gasteiger partial charge in [-0.05, 0) is 36.1 Å². The van der Waals surface area contributed by atoms with Crippen LogP contribution in [-0.4, -0.2) is 56.1 Å². The lowest BCUT2D eigenvalue weighted by Crippen LogP contribution is -2.47. The summed E-state index contributed by atoms with van der Waals surface area (Å²) in [6, 6.07) is 8.17. The summed E-state index contributed by atoms with van der Waals surface area (Å²) in [5.41, 5.74) is 2.68. The SMILES string of the molecule is CNc1nc(N2CCN(c3ccc(OC)cc3)CC2)nc2c1C(=O)CC(C)(C)C2. The average molecular weight is 396 g/mol. The number of carbonyl (C=O) groups excluding carboxylic acids is 1. The van der Waals surface area contributed by atoms with Gasteiger partial charge >= 0.3 is 0 Å². The molecule has 1 N–H and O–H groups in total. The average Bonchev–Trinajstić information content (AvgIpc) is 2.72. The predicted molar refractivity (Wildman–Crippen MR) is 115 cm³/mol. The largest absolute Gasteiger partial charge is 0.497 e. The van der Waals surface area contributed by atoms with Gasteiger partial charge in [0.2, 0.25) is 5.95 Å². The van der Waals surface area contributed by atoms with Crippen LogP contribution < -0.4 is 19.9 Å². The highest BCUT2D eigenvalue weighted by Gasteiger charge is 2.35. The molecule has 1 aromatic carbocycles. The monoisotopic (exact) mass is 395 g/mol. The molecule has 29 heavy (non-hydrogen) atoms. The summed E-state index contributed by atoms with van der Waals surface area (Å²) in [6.45, 7) is 7.72. The van der Waals surface area contributed by atoms with Gasteiger partial charge in [0.25, 0.3) is 0 Å². The molecule has 0 saturated carbocycles. The number of piperazine rings is 1. The first-order valence-corrected chi connectivity index (χ1v) is 10.2. The summed E-state index contributed by atoms with van der Waals surface area (Å²) >= 11 is 0. The first-order chi connectivity index (χ1) is 13.9. The molecule has 0 bridgehead atoms. The van der Waals surface area contributed by atoms with Gasteiger partial charge in [0.1, 0.15) is 11.6 Å². The molecule has 0 amide bonds. The van der Waals surface area contributed by atoms with Gasteiger partial charge in [0, 0.05) is 45.3 Å². The number of ether oxygens (including phenoxy) is 1. The highest BCUT2D eigenvalue weighted by Crippen LogP contribution is 2.37. The minimum Gasteiger partial charge on any atom is -0.497 e. The minimum atomic E-state index is -0.0617. The maximum absolute atomic E-state index is 12.7. The number of carbonyl (C=O) groups is 1. The van der Waals surface area contributed by atoms with E-state index in [1.807, 2.05) is 19.2 Å². The number of anilines is 3. The van der Waals surface area contributed by atoms with Crippen molar-refractivity contribution >= 4 is 23.2 Å². The smallest absolute Gasteiger partial charge is 0.227 e. The topological polar surface area (TPSA) is 70.6 Å². The van der Waals surface area contributed by atoms with E-state index < -0.39 is 0 Å². The summed E-state index contributed by atoms with van der Waals surface area (Å²) in [5, 5.41) is 3.12. The molecule has 4 rings (SSSR count). The van der Waals surface area contributed by atoms with Crippen molar-refractivity contribution < 1.29 is 9.53 Å². The van der Waals surface area contributed by atoms with Gasteiger partial charge < -0.3 is 19.9 Å². The maximum atomic E-state index is 12.7. The normalized spacial score (nSPS) is 18.4. The molecular formula is C22H29N5O2. The maximum Gasteiger partial charge on any atom is 0.227 e. The molecule has 0 radical (unpaired) electrons. The van der Waals surface area contributed by atoms with Gasteiger partial charge in [-0.3, -0.25) is 4.79 Å². The second kappa shape index (κ2) is 7.54. The summed E-state index contributed by atoms with van der Waals surface area (Å²) in [5.74, 6) is 2.37. The quantitative estimate of drug-likeness (QED) is 0.853. The summed E-state index contributed by atoms with van der Waals surface area (Å²) < 4.78 is 5.25. The minimum absolute atomic E-state index is 0.0617. The van der Waals surface area contributed by atoms with Crippen LogP contribution in [0.3, 0.4) is 0 Å². The Morgan fingerprint density at radius 1 is 1.00 bits per heavy atom. The van der Waals surface area contributed by atoms with Crippen molar-refractivity contribution in [1.82, 2.24) is 9.97 Å². The zero-order chi connectivity index (χ0) is 20.6. The summed E-state index contributed by atoms with van der Waals surface area (Å²) in [6.07, 6.45) is 1.34. The van der Waals surface area contributed by atoms with E-state index in [1.165, 1.54) is 5.69 Å². The van der Waals surface area contributed by atoms with E-state index in [9.17, 15) is 4.79 Å². The fourth-order valence-corrected chi connectivity index (χ4v) is 4.23. The Morgan fingerprint density at radius 3 is 2.28 bits per heavy atom. The van der Waals surface area contributed by atoms with Gasteiger partial charge in [-0.1, -0.05) is 13.8 Å². The Morgan fingerprint density at radius 2 is 1.66 bits per heavy atom. The van der Waals surface area contributed by atoms with Gasteiger partial charge in [0.05, 0.1) is 18.4 Å². The molecule has 7 nitrogen and oxygen atoms in total. The molecule has 2 aromatic rings. The zero-order valence-corrected chi connectivity index (χ0v) is 17.7. The van der Waals surface area contributed by atoms with Crippen molar-refractivity contribution in [2.45, 2.75) is 26.7 Å². The molecule has 1 saturated heterocycles. The van der Waals surface area contributed by atoms with Crippen LogP contribution >= 0.6 is 0 Å². The van der Waals surface area contributed by atoms with E-state index >= 15 is 0 Å². The Hall–Kier alpha value is -2.83. The molecule has 1 fully saturated rings. The number of Topliss-reactive ketones (excluding diaryl/α,β-unsaturated/α-hetero) is 1. The Balaban J connectivity index is 1.53. The molecule has 154 valence electrons. The molecule has 1 aromatic heterocycles. The number of fused-ring (bicyclic) bond motifs is 1. The van der Waals surface area contributed by atoms with Crippen LogP contribution in [0.2, 0.25) is 0 Å². The van der Waals surface area contributed by atoms with Crippen molar-refractivity contribution in [1.29, 1.82) is 0 Å². The number of nitrogens with zero attached hydrogens (tertiary/aromatic N) is 4. The van der Waals surface area contributed by atoms with Crippen molar-refractivity contribution in [3.8, 4) is 5.75 Å². The van der Waals surface area contributed by atoms with Crippen LogP contribution in [0.1, 0.15) is 36.3 Å². The van der Waals surface area contributed by atoms with Crippen molar-refractivity contribution in [3.63, 3.8) is 0 Å². The third-order valence-corrected chi connectivity index (χ3v) is 5.77.